The fraction of sp³-hybridized carbons (Fsp3) is 0.696. The molecule has 0 aliphatic carbocycles. The first kappa shape index (κ1) is 27.6. The highest BCUT2D eigenvalue weighted by atomic mass is 127. The maximum atomic E-state index is 6.09. The first-order valence-electron chi connectivity index (χ1n) is 10.7. The Morgan fingerprint density at radius 1 is 1.10 bits per heavy atom. The summed E-state index contributed by atoms with van der Waals surface area (Å²) in [7, 11) is 6.74. The summed E-state index contributed by atoms with van der Waals surface area (Å²) in [6.45, 7) is 9.15. The molecule has 1 heterocycles. The molecule has 1 saturated heterocycles. The first-order valence-corrected chi connectivity index (χ1v) is 10.7. The van der Waals surface area contributed by atoms with Gasteiger partial charge < -0.3 is 29.6 Å². The van der Waals surface area contributed by atoms with Crippen molar-refractivity contribution < 1.29 is 18.9 Å². The highest BCUT2D eigenvalue weighted by Crippen LogP contribution is 2.35. The van der Waals surface area contributed by atoms with Crippen molar-refractivity contribution in [1.29, 1.82) is 0 Å². The summed E-state index contributed by atoms with van der Waals surface area (Å²) in [4.78, 5) is 4.37. The highest BCUT2D eigenvalue weighted by Gasteiger charge is 2.35. The Morgan fingerprint density at radius 3 is 2.26 bits per heavy atom. The van der Waals surface area contributed by atoms with Crippen molar-refractivity contribution in [3.63, 3.8) is 0 Å². The third-order valence-corrected chi connectivity index (χ3v) is 5.54. The number of methoxy groups -OCH3 is 3. The van der Waals surface area contributed by atoms with Crippen LogP contribution in [0.5, 0.6) is 17.2 Å². The molecular formula is C23H40IN3O4. The molecule has 1 aromatic rings. The maximum absolute atomic E-state index is 6.09. The van der Waals surface area contributed by atoms with E-state index in [2.05, 4.69) is 36.4 Å². The average Bonchev–Trinajstić information content (AvgIpc) is 2.75. The lowest BCUT2D eigenvalue weighted by molar-refractivity contribution is -0.0835. The minimum Gasteiger partial charge on any atom is -0.496 e. The summed E-state index contributed by atoms with van der Waals surface area (Å²) in [6.07, 6.45) is 3.27. The second-order valence-electron chi connectivity index (χ2n) is 8.70. The van der Waals surface area contributed by atoms with Crippen LogP contribution in [0, 0.1) is 11.3 Å². The number of benzene rings is 1. The van der Waals surface area contributed by atoms with E-state index < -0.39 is 0 Å². The van der Waals surface area contributed by atoms with E-state index in [1.807, 2.05) is 12.1 Å². The highest BCUT2D eigenvalue weighted by molar-refractivity contribution is 14.0. The van der Waals surface area contributed by atoms with Gasteiger partial charge in [-0.3, -0.25) is 4.99 Å². The first-order chi connectivity index (χ1) is 14.3. The number of hydrogen-bond donors (Lipinski definition) is 2. The number of halogens is 1. The number of aliphatic imine (C=N–C) groups is 1. The second-order valence-corrected chi connectivity index (χ2v) is 8.70. The number of ether oxygens (including phenoxy) is 4. The zero-order valence-electron chi connectivity index (χ0n) is 20.0. The van der Waals surface area contributed by atoms with Crippen LogP contribution in [0.25, 0.3) is 0 Å². The second kappa shape index (κ2) is 13.2. The van der Waals surface area contributed by atoms with E-state index >= 15 is 0 Å². The van der Waals surface area contributed by atoms with Crippen molar-refractivity contribution in [2.24, 2.45) is 16.3 Å². The number of nitrogens with one attached hydrogen (secondary N) is 2. The quantitative estimate of drug-likeness (QED) is 0.292. The van der Waals surface area contributed by atoms with Crippen LogP contribution in [0.2, 0.25) is 0 Å². The lowest BCUT2D eigenvalue weighted by Crippen LogP contribution is -2.47. The SMILES string of the molecule is CN=C(NCCc1c(OC)cc(OC)cc1OC)NCC1CCCOC1C(C)(C)C.I. The molecule has 31 heavy (non-hydrogen) atoms. The van der Waals surface area contributed by atoms with E-state index in [4.69, 9.17) is 18.9 Å². The predicted molar refractivity (Wildman–Crippen MR) is 137 cm³/mol. The van der Waals surface area contributed by atoms with Gasteiger partial charge in [-0.15, -0.1) is 24.0 Å². The lowest BCUT2D eigenvalue weighted by Gasteiger charge is -2.40. The van der Waals surface area contributed by atoms with E-state index in [9.17, 15) is 0 Å². The van der Waals surface area contributed by atoms with Gasteiger partial charge in [-0.25, -0.2) is 0 Å². The van der Waals surface area contributed by atoms with Crippen molar-refractivity contribution in [1.82, 2.24) is 10.6 Å². The molecule has 0 radical (unpaired) electrons. The van der Waals surface area contributed by atoms with Gasteiger partial charge in [0.15, 0.2) is 5.96 Å². The third kappa shape index (κ3) is 7.89. The van der Waals surface area contributed by atoms with Crippen LogP contribution in [-0.2, 0) is 11.2 Å². The zero-order chi connectivity index (χ0) is 22.1. The zero-order valence-corrected chi connectivity index (χ0v) is 22.4. The van der Waals surface area contributed by atoms with Crippen LogP contribution in [-0.4, -0.2) is 60.1 Å². The van der Waals surface area contributed by atoms with E-state index in [0.717, 1.165) is 49.0 Å². The van der Waals surface area contributed by atoms with Crippen molar-refractivity contribution in [3.8, 4) is 17.2 Å². The topological polar surface area (TPSA) is 73.3 Å². The van der Waals surface area contributed by atoms with Gasteiger partial charge in [-0.2, -0.15) is 0 Å². The van der Waals surface area contributed by atoms with Crippen LogP contribution in [0.4, 0.5) is 0 Å². The van der Waals surface area contributed by atoms with Crippen LogP contribution >= 0.6 is 24.0 Å². The smallest absolute Gasteiger partial charge is 0.190 e. The van der Waals surface area contributed by atoms with E-state index in [1.54, 1.807) is 28.4 Å². The molecule has 0 aromatic heterocycles. The molecule has 0 saturated carbocycles. The van der Waals surface area contributed by atoms with Crippen LogP contribution in [0.1, 0.15) is 39.2 Å². The fourth-order valence-electron chi connectivity index (χ4n) is 4.09. The summed E-state index contributed by atoms with van der Waals surface area (Å²) in [5.41, 5.74) is 1.13. The summed E-state index contributed by atoms with van der Waals surface area (Å²) in [5.74, 6) is 3.48. The van der Waals surface area contributed by atoms with Crippen molar-refractivity contribution in [3.05, 3.63) is 17.7 Å². The number of guanidine groups is 1. The number of rotatable bonds is 8. The molecular weight excluding hydrogens is 509 g/mol. The molecule has 0 spiro atoms. The minimum absolute atomic E-state index is 0. The molecule has 0 amide bonds. The largest absolute Gasteiger partial charge is 0.496 e. The molecule has 2 N–H and O–H groups in total. The molecule has 1 aliphatic rings. The summed E-state index contributed by atoms with van der Waals surface area (Å²) in [6, 6.07) is 3.75. The Kier molecular flexibility index (Phi) is 11.8. The molecule has 1 aliphatic heterocycles. The summed E-state index contributed by atoms with van der Waals surface area (Å²) in [5, 5.41) is 6.88. The molecule has 2 rings (SSSR count). The standard InChI is InChI=1S/C23H39N3O4.HI/c1-23(2,3)21-16(9-8-12-30-21)15-26-22(24-4)25-11-10-18-19(28-6)13-17(27-5)14-20(18)29-7;/h13-14,16,21H,8-12,15H2,1-7H3,(H2,24,25,26);1H. The van der Waals surface area contributed by atoms with Crippen LogP contribution in [0.3, 0.4) is 0 Å². The minimum atomic E-state index is 0. The molecule has 1 aromatic carbocycles. The molecule has 1 fully saturated rings. The van der Waals surface area contributed by atoms with Gasteiger partial charge in [0.25, 0.3) is 0 Å². The molecule has 2 unspecified atom stereocenters. The third-order valence-electron chi connectivity index (χ3n) is 5.54. The maximum Gasteiger partial charge on any atom is 0.190 e. The van der Waals surface area contributed by atoms with Crippen molar-refractivity contribution >= 4 is 29.9 Å². The monoisotopic (exact) mass is 549 g/mol. The van der Waals surface area contributed by atoms with Gasteiger partial charge in [-0.05, 0) is 24.7 Å². The van der Waals surface area contributed by atoms with Gasteiger partial charge in [0, 0.05) is 50.4 Å². The van der Waals surface area contributed by atoms with Crippen LogP contribution < -0.4 is 24.8 Å². The van der Waals surface area contributed by atoms with E-state index in [-0.39, 0.29) is 35.5 Å². The Morgan fingerprint density at radius 2 is 1.74 bits per heavy atom. The average molecular weight is 549 g/mol. The van der Waals surface area contributed by atoms with Crippen molar-refractivity contribution in [2.75, 3.05) is 48.1 Å². The van der Waals surface area contributed by atoms with Gasteiger partial charge in [0.1, 0.15) is 17.2 Å². The Hall–Kier alpha value is -1.42. The van der Waals surface area contributed by atoms with Gasteiger partial charge in [0.05, 0.1) is 27.4 Å². The molecule has 2 atom stereocenters. The normalized spacial score (nSPS) is 19.3. The predicted octanol–water partition coefficient (Wildman–Crippen LogP) is 3.88. The molecule has 0 bridgehead atoms. The Labute approximate surface area is 204 Å². The van der Waals surface area contributed by atoms with Crippen LogP contribution in [0.15, 0.2) is 17.1 Å². The lowest BCUT2D eigenvalue weighted by atomic mass is 9.78. The number of nitrogens with zero attached hydrogens (tertiary/aromatic N) is 1. The van der Waals surface area contributed by atoms with E-state index in [1.165, 1.54) is 6.42 Å². The van der Waals surface area contributed by atoms with Gasteiger partial charge in [-0.1, -0.05) is 20.8 Å². The molecule has 7 nitrogen and oxygen atoms in total. The molecule has 8 heteroatoms. The summed E-state index contributed by atoms with van der Waals surface area (Å²) < 4.78 is 22.5. The Balaban J connectivity index is 0.00000480. The Bertz CT molecular complexity index is 682. The van der Waals surface area contributed by atoms with Gasteiger partial charge >= 0.3 is 0 Å². The number of hydrogen-bond acceptors (Lipinski definition) is 5. The fourth-order valence-corrected chi connectivity index (χ4v) is 4.09. The van der Waals surface area contributed by atoms with Gasteiger partial charge in [0.2, 0.25) is 0 Å². The molecule has 178 valence electrons. The summed E-state index contributed by atoms with van der Waals surface area (Å²) >= 11 is 0. The van der Waals surface area contributed by atoms with E-state index in [0.29, 0.717) is 18.2 Å². The van der Waals surface area contributed by atoms with Crippen molar-refractivity contribution in [2.45, 2.75) is 46.1 Å².